The molecule has 0 aliphatic rings. The minimum Gasteiger partial charge on any atom is -0.462 e. The van der Waals surface area contributed by atoms with Crippen LogP contribution in [0.5, 0.6) is 0 Å². The second-order valence-corrected chi connectivity index (χ2v) is 18.9. The lowest BCUT2D eigenvalue weighted by Crippen LogP contribution is -2.37. The molecule has 0 aliphatic carbocycles. The Labute approximate surface area is 363 Å². The molecule has 0 spiro atoms. The summed E-state index contributed by atoms with van der Waals surface area (Å²) in [5, 5.41) is 0. The number of hydrogen-bond donors (Lipinski definition) is 1. The zero-order chi connectivity index (χ0) is 43.6. The van der Waals surface area contributed by atoms with E-state index in [-0.39, 0.29) is 32.0 Å². The lowest BCUT2D eigenvalue weighted by molar-refractivity contribution is -0.870. The number of ether oxygens (including phenoxy) is 2. The van der Waals surface area contributed by atoms with Crippen LogP contribution in [0.25, 0.3) is 0 Å². The van der Waals surface area contributed by atoms with E-state index in [1.165, 1.54) is 109 Å². The van der Waals surface area contributed by atoms with E-state index in [0.717, 1.165) is 70.6 Å². The highest BCUT2D eigenvalue weighted by Gasteiger charge is 2.27. The van der Waals surface area contributed by atoms with E-state index >= 15 is 0 Å². The number of carbonyl (C=O) groups is 2. The summed E-state index contributed by atoms with van der Waals surface area (Å²) in [4.78, 5) is 35.5. The van der Waals surface area contributed by atoms with Crippen LogP contribution in [0.15, 0.2) is 36.5 Å². The van der Waals surface area contributed by atoms with E-state index in [1.54, 1.807) is 0 Å². The number of carbonyl (C=O) groups excluding carboxylic acids is 2. The molecule has 0 aliphatic heterocycles. The number of allylic oxidation sites excluding steroid dienone is 6. The predicted octanol–water partition coefficient (Wildman–Crippen LogP) is 14.1. The molecule has 0 aromatic rings. The van der Waals surface area contributed by atoms with Crippen LogP contribution >= 0.6 is 7.82 Å². The molecule has 2 atom stereocenters. The smallest absolute Gasteiger partial charge is 0.462 e. The summed E-state index contributed by atoms with van der Waals surface area (Å²) < 4.78 is 34.4. The van der Waals surface area contributed by atoms with Crippen molar-refractivity contribution >= 4 is 19.8 Å². The lowest BCUT2D eigenvalue weighted by atomic mass is 10.1. The zero-order valence-corrected chi connectivity index (χ0v) is 39.9. The zero-order valence-electron chi connectivity index (χ0n) is 39.0. The van der Waals surface area contributed by atoms with Gasteiger partial charge in [0.05, 0.1) is 27.7 Å². The first kappa shape index (κ1) is 57.2. The molecule has 0 saturated carbocycles. The Morgan fingerprint density at radius 3 is 1.39 bits per heavy atom. The third-order valence-corrected chi connectivity index (χ3v) is 11.4. The van der Waals surface area contributed by atoms with Crippen molar-refractivity contribution in [2.24, 2.45) is 0 Å². The number of unbranched alkanes of at least 4 members (excludes halogenated alkanes) is 24. The van der Waals surface area contributed by atoms with Crippen molar-refractivity contribution in [3.8, 4) is 0 Å². The molecule has 10 heteroatoms. The number of phosphoric acid groups is 1. The normalized spacial score (nSPS) is 13.8. The minimum absolute atomic E-state index is 0.0297. The van der Waals surface area contributed by atoms with Gasteiger partial charge >= 0.3 is 19.8 Å². The molecule has 0 amide bonds. The van der Waals surface area contributed by atoms with Gasteiger partial charge < -0.3 is 18.9 Å². The highest BCUT2D eigenvalue weighted by Crippen LogP contribution is 2.43. The molecule has 0 aromatic heterocycles. The minimum atomic E-state index is -4.38. The van der Waals surface area contributed by atoms with E-state index in [1.807, 2.05) is 21.1 Å². The van der Waals surface area contributed by atoms with Crippen molar-refractivity contribution in [2.75, 3.05) is 47.5 Å². The van der Waals surface area contributed by atoms with E-state index < -0.39 is 26.5 Å². The Morgan fingerprint density at radius 2 is 0.915 bits per heavy atom. The van der Waals surface area contributed by atoms with Crippen molar-refractivity contribution in [3.63, 3.8) is 0 Å². The maximum Gasteiger partial charge on any atom is 0.472 e. The molecule has 0 bridgehead atoms. The standard InChI is InChI=1S/C49H92NO8P/c1-6-8-10-12-14-16-18-20-22-24-25-26-28-30-32-34-36-38-40-42-49(52)58-47(46-57-59(53,54)56-44-43-50(3,4)5)45-55-48(51)41-39-37-35-33-31-29-27-23-21-19-17-15-13-11-9-7-2/h14,16,20,22-23,27,47H,6-13,15,17-19,21,24-26,28-46H2,1-5H3/p+1/b16-14-,22-20-,27-23-/t47-/m1/s1. The number of hydrogen-bond acceptors (Lipinski definition) is 7. The molecule has 9 nitrogen and oxygen atoms in total. The molecule has 0 saturated heterocycles. The molecule has 1 unspecified atom stereocenters. The van der Waals surface area contributed by atoms with Gasteiger partial charge in [-0.1, -0.05) is 166 Å². The third kappa shape index (κ3) is 45.6. The van der Waals surface area contributed by atoms with Gasteiger partial charge in [0.2, 0.25) is 0 Å². The lowest BCUT2D eigenvalue weighted by Gasteiger charge is -2.24. The first-order valence-electron chi connectivity index (χ1n) is 24.2. The fourth-order valence-electron chi connectivity index (χ4n) is 6.57. The molecule has 0 heterocycles. The monoisotopic (exact) mass is 855 g/mol. The fourth-order valence-corrected chi connectivity index (χ4v) is 7.31. The highest BCUT2D eigenvalue weighted by molar-refractivity contribution is 7.47. The van der Waals surface area contributed by atoms with Gasteiger partial charge in [0, 0.05) is 12.8 Å². The van der Waals surface area contributed by atoms with Gasteiger partial charge in [0.1, 0.15) is 19.8 Å². The Morgan fingerprint density at radius 1 is 0.525 bits per heavy atom. The number of rotatable bonds is 44. The second-order valence-electron chi connectivity index (χ2n) is 17.5. The van der Waals surface area contributed by atoms with Crippen molar-refractivity contribution < 1.29 is 42.1 Å². The third-order valence-electron chi connectivity index (χ3n) is 10.4. The van der Waals surface area contributed by atoms with Gasteiger partial charge in [0.25, 0.3) is 0 Å². The molecule has 0 rings (SSSR count). The summed E-state index contributed by atoms with van der Waals surface area (Å²) in [6, 6.07) is 0. The van der Waals surface area contributed by atoms with Crippen molar-refractivity contribution in [1.82, 2.24) is 0 Å². The molecule has 0 radical (unpaired) electrons. The molecule has 0 aromatic carbocycles. The Hall–Kier alpha value is -1.77. The largest absolute Gasteiger partial charge is 0.472 e. The number of phosphoric ester groups is 1. The molecule has 1 N–H and O–H groups in total. The Balaban J connectivity index is 4.31. The van der Waals surface area contributed by atoms with Gasteiger partial charge in [0.15, 0.2) is 6.10 Å². The maximum atomic E-state index is 12.7. The van der Waals surface area contributed by atoms with Gasteiger partial charge in [-0.25, -0.2) is 4.57 Å². The predicted molar refractivity (Wildman–Crippen MR) is 247 cm³/mol. The summed E-state index contributed by atoms with van der Waals surface area (Å²) in [6.07, 6.45) is 47.6. The summed E-state index contributed by atoms with van der Waals surface area (Å²) in [5.41, 5.74) is 0. The van der Waals surface area contributed by atoms with Crippen LogP contribution in [0.2, 0.25) is 0 Å². The Kier molecular flexibility index (Phi) is 40.3. The van der Waals surface area contributed by atoms with E-state index in [0.29, 0.717) is 17.4 Å². The number of esters is 2. The van der Waals surface area contributed by atoms with E-state index in [2.05, 4.69) is 50.3 Å². The van der Waals surface area contributed by atoms with Gasteiger partial charge in [-0.05, 0) is 70.6 Å². The fraction of sp³-hybridized carbons (Fsp3) is 0.837. The summed E-state index contributed by atoms with van der Waals surface area (Å²) in [6.45, 7) is 4.40. The van der Waals surface area contributed by atoms with Crippen LogP contribution in [-0.4, -0.2) is 74.9 Å². The van der Waals surface area contributed by atoms with Gasteiger partial charge in [-0.15, -0.1) is 0 Å². The molecular weight excluding hydrogens is 762 g/mol. The maximum absolute atomic E-state index is 12.7. The van der Waals surface area contributed by atoms with Gasteiger partial charge in [-0.2, -0.15) is 0 Å². The second kappa shape index (κ2) is 41.6. The van der Waals surface area contributed by atoms with Crippen LogP contribution in [0.4, 0.5) is 0 Å². The average Bonchev–Trinajstić information content (AvgIpc) is 3.19. The molecular formula is C49H93NO8P+. The molecule has 0 fully saturated rings. The van der Waals surface area contributed by atoms with Crippen molar-refractivity contribution in [3.05, 3.63) is 36.5 Å². The number of likely N-dealkylation sites (N-methyl/N-ethyl adjacent to an activating group) is 1. The van der Waals surface area contributed by atoms with Crippen LogP contribution in [0, 0.1) is 0 Å². The van der Waals surface area contributed by atoms with Crippen LogP contribution < -0.4 is 0 Å². The van der Waals surface area contributed by atoms with Crippen molar-refractivity contribution in [2.45, 2.75) is 219 Å². The van der Waals surface area contributed by atoms with Crippen LogP contribution in [0.1, 0.15) is 213 Å². The van der Waals surface area contributed by atoms with E-state index in [4.69, 9.17) is 18.5 Å². The summed E-state index contributed by atoms with van der Waals surface area (Å²) in [5.74, 6) is -0.808. The average molecular weight is 855 g/mol. The quantitative estimate of drug-likeness (QED) is 0.0212. The molecule has 346 valence electrons. The summed E-state index contributed by atoms with van der Waals surface area (Å²) in [7, 11) is 1.47. The SMILES string of the molecule is CCCCC/C=C\C/C=C\CCCCCCCCCCCC(=O)O[C@H](COC(=O)CCCCCCC/C=C\CCCCCCCCC)COP(=O)(O)OCC[N+](C)(C)C. The van der Waals surface area contributed by atoms with E-state index in [9.17, 15) is 19.0 Å². The Bertz CT molecular complexity index is 1100. The number of nitrogens with zero attached hydrogens (tertiary/aromatic N) is 1. The number of quaternary nitrogens is 1. The highest BCUT2D eigenvalue weighted by atomic mass is 31.2. The van der Waals surface area contributed by atoms with Gasteiger partial charge in [-0.3, -0.25) is 18.6 Å². The first-order valence-corrected chi connectivity index (χ1v) is 25.7. The molecule has 59 heavy (non-hydrogen) atoms. The first-order chi connectivity index (χ1) is 28.5. The van der Waals surface area contributed by atoms with Crippen LogP contribution in [0.3, 0.4) is 0 Å². The van der Waals surface area contributed by atoms with Crippen LogP contribution in [-0.2, 0) is 32.7 Å². The van der Waals surface area contributed by atoms with Crippen molar-refractivity contribution in [1.29, 1.82) is 0 Å². The summed E-state index contributed by atoms with van der Waals surface area (Å²) >= 11 is 0. The topological polar surface area (TPSA) is 108 Å².